The number of sulfonamides is 1. The zero-order valence-corrected chi connectivity index (χ0v) is 18.1. The fourth-order valence-electron chi connectivity index (χ4n) is 4.40. The van der Waals surface area contributed by atoms with Crippen LogP contribution in [0.15, 0.2) is 60.7 Å². The third-order valence-electron chi connectivity index (χ3n) is 6.37. The summed E-state index contributed by atoms with van der Waals surface area (Å²) in [6.45, 7) is 4.80. The van der Waals surface area contributed by atoms with Gasteiger partial charge in [0.05, 0.1) is 10.9 Å². The molecule has 2 aliphatic rings. The molecule has 1 saturated heterocycles. The summed E-state index contributed by atoms with van der Waals surface area (Å²) in [6, 6.07) is 20.6. The Morgan fingerprint density at radius 1 is 0.931 bits per heavy atom. The third kappa shape index (κ3) is 5.01. The zero-order chi connectivity index (χ0) is 20.3. The predicted molar refractivity (Wildman–Crippen MR) is 120 cm³/mol. The maximum Gasteiger partial charge on any atom is 0.238 e. The number of rotatable bonds is 8. The van der Waals surface area contributed by atoms with Gasteiger partial charge in [0.2, 0.25) is 10.0 Å². The largest absolute Gasteiger partial charge is 0.299 e. The van der Waals surface area contributed by atoms with E-state index in [2.05, 4.69) is 42.2 Å². The Bertz CT molecular complexity index is 874. The molecule has 5 heteroatoms. The molecule has 0 spiro atoms. The molecule has 2 aromatic rings. The SMILES string of the molecule is CC(CN(c1ccccc1)S(=O)(=O)C1CC1)N1CCC(Cc2ccccc2)CC1. The van der Waals surface area contributed by atoms with E-state index in [1.54, 1.807) is 4.31 Å². The molecule has 1 aliphatic heterocycles. The van der Waals surface area contributed by atoms with Crippen molar-refractivity contribution in [2.24, 2.45) is 5.92 Å². The molecule has 0 radical (unpaired) electrons. The van der Waals surface area contributed by atoms with Crippen LogP contribution in [-0.2, 0) is 16.4 Å². The maximum atomic E-state index is 13.1. The molecule has 29 heavy (non-hydrogen) atoms. The minimum absolute atomic E-state index is 0.188. The topological polar surface area (TPSA) is 40.6 Å². The molecule has 4 rings (SSSR count). The van der Waals surface area contributed by atoms with E-state index in [-0.39, 0.29) is 11.3 Å². The van der Waals surface area contributed by atoms with E-state index in [1.165, 1.54) is 18.4 Å². The van der Waals surface area contributed by atoms with Gasteiger partial charge in [-0.2, -0.15) is 0 Å². The number of benzene rings is 2. The van der Waals surface area contributed by atoms with E-state index >= 15 is 0 Å². The van der Waals surface area contributed by atoms with Gasteiger partial charge in [-0.25, -0.2) is 8.42 Å². The van der Waals surface area contributed by atoms with E-state index in [0.717, 1.165) is 44.0 Å². The lowest BCUT2D eigenvalue weighted by atomic mass is 9.89. The molecule has 2 fully saturated rings. The molecule has 1 unspecified atom stereocenters. The number of anilines is 1. The van der Waals surface area contributed by atoms with E-state index in [9.17, 15) is 8.42 Å². The highest BCUT2D eigenvalue weighted by Crippen LogP contribution is 2.34. The van der Waals surface area contributed by atoms with E-state index in [4.69, 9.17) is 0 Å². The Hall–Kier alpha value is -1.85. The lowest BCUT2D eigenvalue weighted by molar-refractivity contribution is 0.144. The smallest absolute Gasteiger partial charge is 0.238 e. The fraction of sp³-hybridized carbons (Fsp3) is 0.500. The first kappa shape index (κ1) is 20.4. The summed E-state index contributed by atoms with van der Waals surface area (Å²) in [5, 5.41) is -0.188. The predicted octanol–water partition coefficient (Wildman–Crippen LogP) is 4.33. The van der Waals surface area contributed by atoms with Crippen molar-refractivity contribution in [3.8, 4) is 0 Å². The molecule has 4 nitrogen and oxygen atoms in total. The van der Waals surface area contributed by atoms with Gasteiger partial charge < -0.3 is 0 Å². The quantitative estimate of drug-likeness (QED) is 0.648. The normalized spacial score (nSPS) is 19.8. The molecule has 0 bridgehead atoms. The lowest BCUT2D eigenvalue weighted by Gasteiger charge is -2.38. The van der Waals surface area contributed by atoms with Gasteiger partial charge in [-0.05, 0) is 75.7 Å². The molecular formula is C24H32N2O2S. The standard InChI is InChI=1S/C24H32N2O2S/c1-20(25-16-14-22(15-17-25)18-21-8-4-2-5-9-21)19-26(23-10-6-3-7-11-23)29(27,28)24-12-13-24/h2-11,20,22,24H,12-19H2,1H3. The molecule has 1 saturated carbocycles. The molecule has 156 valence electrons. The van der Waals surface area contributed by atoms with Crippen molar-refractivity contribution in [3.63, 3.8) is 0 Å². The second-order valence-corrected chi connectivity index (χ2v) is 10.8. The Kier molecular flexibility index (Phi) is 6.26. The first-order valence-electron chi connectivity index (χ1n) is 10.9. The van der Waals surface area contributed by atoms with Crippen molar-refractivity contribution in [3.05, 3.63) is 66.2 Å². The van der Waals surface area contributed by atoms with Gasteiger partial charge in [0.15, 0.2) is 0 Å². The van der Waals surface area contributed by atoms with Crippen LogP contribution in [0.3, 0.4) is 0 Å². The summed E-state index contributed by atoms with van der Waals surface area (Å²) < 4.78 is 27.8. The van der Waals surface area contributed by atoms with Crippen LogP contribution in [0.1, 0.15) is 38.2 Å². The van der Waals surface area contributed by atoms with Crippen molar-refractivity contribution < 1.29 is 8.42 Å². The van der Waals surface area contributed by atoms with Gasteiger partial charge in [-0.1, -0.05) is 48.5 Å². The molecular weight excluding hydrogens is 380 g/mol. The van der Waals surface area contributed by atoms with Gasteiger partial charge in [0, 0.05) is 12.6 Å². The molecule has 0 amide bonds. The highest BCUT2D eigenvalue weighted by Gasteiger charge is 2.41. The minimum Gasteiger partial charge on any atom is -0.299 e. The molecule has 0 aromatic heterocycles. The molecule has 0 N–H and O–H groups in total. The fourth-order valence-corrected chi connectivity index (χ4v) is 6.33. The van der Waals surface area contributed by atoms with Gasteiger partial charge >= 0.3 is 0 Å². The minimum atomic E-state index is -3.26. The lowest BCUT2D eigenvalue weighted by Crippen LogP contribution is -2.48. The molecule has 1 heterocycles. The third-order valence-corrected chi connectivity index (χ3v) is 8.65. The Labute approximate surface area is 175 Å². The second-order valence-electron chi connectivity index (χ2n) is 8.63. The average molecular weight is 413 g/mol. The van der Waals surface area contributed by atoms with Crippen molar-refractivity contribution >= 4 is 15.7 Å². The zero-order valence-electron chi connectivity index (χ0n) is 17.3. The first-order chi connectivity index (χ1) is 14.0. The monoisotopic (exact) mass is 412 g/mol. The van der Waals surface area contributed by atoms with Crippen LogP contribution in [0.4, 0.5) is 5.69 Å². The Balaban J connectivity index is 1.38. The van der Waals surface area contributed by atoms with Crippen molar-refractivity contribution in [2.45, 2.75) is 50.3 Å². The van der Waals surface area contributed by atoms with Crippen LogP contribution < -0.4 is 4.31 Å². The van der Waals surface area contributed by atoms with Crippen molar-refractivity contribution in [1.29, 1.82) is 0 Å². The number of likely N-dealkylation sites (tertiary alicyclic amines) is 1. The summed E-state index contributed by atoms with van der Waals surface area (Å²) in [5.41, 5.74) is 2.22. The van der Waals surface area contributed by atoms with E-state index < -0.39 is 10.0 Å². The van der Waals surface area contributed by atoms with E-state index in [0.29, 0.717) is 6.54 Å². The van der Waals surface area contributed by atoms with Gasteiger partial charge in [-0.15, -0.1) is 0 Å². The second kappa shape index (κ2) is 8.88. The van der Waals surface area contributed by atoms with E-state index in [1.807, 2.05) is 30.3 Å². The van der Waals surface area contributed by atoms with Crippen LogP contribution in [0.5, 0.6) is 0 Å². The number of nitrogens with zero attached hydrogens (tertiary/aromatic N) is 2. The van der Waals surface area contributed by atoms with Crippen LogP contribution >= 0.6 is 0 Å². The summed E-state index contributed by atoms with van der Waals surface area (Å²) in [4.78, 5) is 2.47. The van der Waals surface area contributed by atoms with Crippen LogP contribution in [-0.4, -0.2) is 44.2 Å². The summed E-state index contributed by atoms with van der Waals surface area (Å²) >= 11 is 0. The van der Waals surface area contributed by atoms with Gasteiger partial charge in [0.1, 0.15) is 0 Å². The van der Waals surface area contributed by atoms with Crippen LogP contribution in [0.25, 0.3) is 0 Å². The molecule has 1 atom stereocenters. The number of piperidine rings is 1. The first-order valence-corrected chi connectivity index (χ1v) is 12.4. The van der Waals surface area contributed by atoms with Crippen molar-refractivity contribution in [1.82, 2.24) is 4.90 Å². The molecule has 1 aliphatic carbocycles. The number of para-hydroxylation sites is 1. The Morgan fingerprint density at radius 2 is 1.52 bits per heavy atom. The van der Waals surface area contributed by atoms with Gasteiger partial charge in [-0.3, -0.25) is 9.21 Å². The summed E-state index contributed by atoms with van der Waals surface area (Å²) in [5.74, 6) is 0.723. The Morgan fingerprint density at radius 3 is 2.10 bits per heavy atom. The summed E-state index contributed by atoms with van der Waals surface area (Å²) in [6.07, 6.45) is 5.10. The van der Waals surface area contributed by atoms with Crippen molar-refractivity contribution in [2.75, 3.05) is 23.9 Å². The average Bonchev–Trinajstić information content (AvgIpc) is 3.60. The van der Waals surface area contributed by atoms with Crippen LogP contribution in [0, 0.1) is 5.92 Å². The highest BCUT2D eigenvalue weighted by atomic mass is 32.2. The number of hydrogen-bond acceptors (Lipinski definition) is 3. The number of hydrogen-bond donors (Lipinski definition) is 0. The highest BCUT2D eigenvalue weighted by molar-refractivity contribution is 7.93. The van der Waals surface area contributed by atoms with Crippen LogP contribution in [0.2, 0.25) is 0 Å². The maximum absolute atomic E-state index is 13.1. The molecule has 2 aromatic carbocycles. The van der Waals surface area contributed by atoms with Gasteiger partial charge in [0.25, 0.3) is 0 Å². The summed E-state index contributed by atoms with van der Waals surface area (Å²) in [7, 11) is -3.26.